The lowest BCUT2D eigenvalue weighted by molar-refractivity contribution is -0.123. The Morgan fingerprint density at radius 1 is 1.06 bits per heavy atom. The number of rotatable bonds is 9. The van der Waals surface area contributed by atoms with Crippen molar-refractivity contribution in [1.82, 2.24) is 10.0 Å². The number of methoxy groups -OCH3 is 1. The second-order valence-electron chi connectivity index (χ2n) is 7.44. The lowest BCUT2D eigenvalue weighted by Gasteiger charge is -2.22. The molecule has 33 heavy (non-hydrogen) atoms. The van der Waals surface area contributed by atoms with Crippen molar-refractivity contribution >= 4 is 27.5 Å². The summed E-state index contributed by atoms with van der Waals surface area (Å²) in [5, 5.41) is 2.94. The maximum atomic E-state index is 13.2. The van der Waals surface area contributed by atoms with E-state index in [1.165, 1.54) is 37.4 Å². The summed E-state index contributed by atoms with van der Waals surface area (Å²) in [7, 11) is -2.65. The van der Waals surface area contributed by atoms with E-state index in [0.29, 0.717) is 11.3 Å². The Balaban J connectivity index is 1.84. The fourth-order valence-electron chi connectivity index (χ4n) is 3.26. The summed E-state index contributed by atoms with van der Waals surface area (Å²) in [6, 6.07) is 17.3. The van der Waals surface area contributed by atoms with Crippen LogP contribution in [0.15, 0.2) is 77.7 Å². The molecule has 0 unspecified atom stereocenters. The molecule has 0 bridgehead atoms. The first-order chi connectivity index (χ1) is 15.7. The first-order valence-electron chi connectivity index (χ1n) is 10.1. The highest BCUT2D eigenvalue weighted by molar-refractivity contribution is 7.89. The van der Waals surface area contributed by atoms with E-state index in [1.54, 1.807) is 19.1 Å². The molecule has 0 aromatic heterocycles. The largest absolute Gasteiger partial charge is 0.495 e. The summed E-state index contributed by atoms with van der Waals surface area (Å²) in [5.74, 6) is -0.564. The molecule has 0 heterocycles. The maximum Gasteiger partial charge on any atom is 0.241 e. The third kappa shape index (κ3) is 6.54. The van der Waals surface area contributed by atoms with Gasteiger partial charge in [0.2, 0.25) is 15.9 Å². The molecule has 174 valence electrons. The molecular weight excluding hydrogens is 467 g/mol. The second kappa shape index (κ2) is 10.8. The molecule has 0 aliphatic heterocycles. The number of sulfonamides is 1. The van der Waals surface area contributed by atoms with Crippen molar-refractivity contribution in [1.29, 1.82) is 0 Å². The summed E-state index contributed by atoms with van der Waals surface area (Å²) < 4.78 is 46.9. The molecule has 0 fully saturated rings. The Morgan fingerprint density at radius 3 is 2.33 bits per heavy atom. The van der Waals surface area contributed by atoms with Crippen LogP contribution in [0.1, 0.15) is 24.1 Å². The monoisotopic (exact) mass is 490 g/mol. The maximum absolute atomic E-state index is 13.2. The Morgan fingerprint density at radius 2 is 1.73 bits per heavy atom. The first kappa shape index (κ1) is 24.7. The van der Waals surface area contributed by atoms with Crippen molar-refractivity contribution in [2.24, 2.45) is 0 Å². The number of hydrogen-bond acceptors (Lipinski definition) is 4. The SMILES string of the molecule is COc1ccc(S(=O)(=O)N[C@@H](Cc2ccccc2)C(=O)N[C@H](C)c2ccc(F)cc2)cc1Cl. The van der Waals surface area contributed by atoms with Gasteiger partial charge in [0.15, 0.2) is 0 Å². The summed E-state index contributed by atoms with van der Waals surface area (Å²) in [6.45, 7) is 1.74. The number of nitrogens with one attached hydrogen (secondary N) is 2. The molecule has 2 N–H and O–H groups in total. The van der Waals surface area contributed by atoms with E-state index < -0.39 is 28.0 Å². The summed E-state index contributed by atoms with van der Waals surface area (Å²) >= 11 is 6.09. The molecule has 0 spiro atoms. The summed E-state index contributed by atoms with van der Waals surface area (Å²) in [5.41, 5.74) is 1.47. The smallest absolute Gasteiger partial charge is 0.241 e. The fraction of sp³-hybridized carbons (Fsp3) is 0.208. The molecule has 0 radical (unpaired) electrons. The first-order valence-corrected chi connectivity index (χ1v) is 12.0. The fourth-order valence-corrected chi connectivity index (χ4v) is 4.80. The predicted octanol–water partition coefficient (Wildman–Crippen LogP) is 4.25. The number of carbonyl (C=O) groups excluding carboxylic acids is 1. The topological polar surface area (TPSA) is 84.5 Å². The summed E-state index contributed by atoms with van der Waals surface area (Å²) in [4.78, 5) is 13.0. The number of halogens is 2. The number of amides is 1. The Kier molecular flexibility index (Phi) is 8.07. The molecular formula is C24H24ClFN2O4S. The third-order valence-corrected chi connectivity index (χ3v) is 6.82. The minimum atomic E-state index is -4.08. The van der Waals surface area contributed by atoms with Gasteiger partial charge in [-0.3, -0.25) is 4.79 Å². The minimum absolute atomic E-state index is 0.0919. The van der Waals surface area contributed by atoms with Crippen molar-refractivity contribution in [2.45, 2.75) is 30.3 Å². The predicted molar refractivity (Wildman–Crippen MR) is 125 cm³/mol. The normalized spacial score (nSPS) is 13.2. The Labute approximate surface area is 197 Å². The van der Waals surface area contributed by atoms with E-state index in [0.717, 1.165) is 5.56 Å². The number of ether oxygens (including phenoxy) is 1. The van der Waals surface area contributed by atoms with Gasteiger partial charge in [-0.2, -0.15) is 4.72 Å². The van der Waals surface area contributed by atoms with Crippen LogP contribution >= 0.6 is 11.6 Å². The number of carbonyl (C=O) groups is 1. The molecule has 2 atom stereocenters. The van der Waals surface area contributed by atoms with Crippen LogP contribution in [-0.4, -0.2) is 27.5 Å². The molecule has 9 heteroatoms. The molecule has 3 aromatic rings. The lowest BCUT2D eigenvalue weighted by atomic mass is 10.0. The van der Waals surface area contributed by atoms with E-state index in [-0.39, 0.29) is 22.2 Å². The highest BCUT2D eigenvalue weighted by Crippen LogP contribution is 2.27. The van der Waals surface area contributed by atoms with Crippen molar-refractivity contribution in [3.05, 3.63) is 94.8 Å². The van der Waals surface area contributed by atoms with Gasteiger partial charge in [-0.25, -0.2) is 12.8 Å². The van der Waals surface area contributed by atoms with Gasteiger partial charge in [0.25, 0.3) is 0 Å². The van der Waals surface area contributed by atoms with Crippen LogP contribution < -0.4 is 14.8 Å². The van der Waals surface area contributed by atoms with Gasteiger partial charge in [-0.05, 0) is 54.8 Å². The van der Waals surface area contributed by atoms with Crippen LogP contribution in [0.2, 0.25) is 5.02 Å². The van der Waals surface area contributed by atoms with Gasteiger partial charge in [-0.15, -0.1) is 0 Å². The molecule has 1 amide bonds. The van der Waals surface area contributed by atoms with Crippen molar-refractivity contribution in [2.75, 3.05) is 7.11 Å². The number of benzene rings is 3. The molecule has 0 aliphatic rings. The minimum Gasteiger partial charge on any atom is -0.495 e. The number of hydrogen-bond donors (Lipinski definition) is 2. The highest BCUT2D eigenvalue weighted by atomic mass is 35.5. The highest BCUT2D eigenvalue weighted by Gasteiger charge is 2.27. The van der Waals surface area contributed by atoms with Crippen LogP contribution in [0.3, 0.4) is 0 Å². The zero-order valence-corrected chi connectivity index (χ0v) is 19.7. The van der Waals surface area contributed by atoms with Crippen LogP contribution in [0.5, 0.6) is 5.75 Å². The van der Waals surface area contributed by atoms with E-state index >= 15 is 0 Å². The Hall–Kier alpha value is -2.94. The molecule has 0 aliphatic carbocycles. The van der Waals surface area contributed by atoms with E-state index in [9.17, 15) is 17.6 Å². The quantitative estimate of drug-likeness (QED) is 0.469. The van der Waals surface area contributed by atoms with Crippen LogP contribution in [0.4, 0.5) is 4.39 Å². The second-order valence-corrected chi connectivity index (χ2v) is 9.56. The van der Waals surface area contributed by atoms with E-state index in [1.807, 2.05) is 30.3 Å². The molecule has 3 rings (SSSR count). The van der Waals surface area contributed by atoms with Gasteiger partial charge < -0.3 is 10.1 Å². The van der Waals surface area contributed by atoms with Crippen molar-refractivity contribution in [3.63, 3.8) is 0 Å². The van der Waals surface area contributed by atoms with E-state index in [2.05, 4.69) is 10.0 Å². The molecule has 0 saturated carbocycles. The van der Waals surface area contributed by atoms with E-state index in [4.69, 9.17) is 16.3 Å². The van der Waals surface area contributed by atoms with Crippen LogP contribution in [0, 0.1) is 5.82 Å². The molecule has 6 nitrogen and oxygen atoms in total. The van der Waals surface area contributed by atoms with Crippen LogP contribution in [0.25, 0.3) is 0 Å². The third-order valence-electron chi connectivity index (χ3n) is 5.06. The Bertz CT molecular complexity index is 1200. The zero-order valence-electron chi connectivity index (χ0n) is 18.1. The van der Waals surface area contributed by atoms with Gasteiger partial charge in [0, 0.05) is 0 Å². The van der Waals surface area contributed by atoms with Gasteiger partial charge >= 0.3 is 0 Å². The van der Waals surface area contributed by atoms with Crippen LogP contribution in [-0.2, 0) is 21.2 Å². The average Bonchev–Trinajstić information content (AvgIpc) is 2.79. The van der Waals surface area contributed by atoms with Gasteiger partial charge in [0.05, 0.1) is 23.1 Å². The zero-order chi connectivity index (χ0) is 24.0. The van der Waals surface area contributed by atoms with Crippen molar-refractivity contribution in [3.8, 4) is 5.75 Å². The lowest BCUT2D eigenvalue weighted by Crippen LogP contribution is -2.48. The molecule has 3 aromatic carbocycles. The average molecular weight is 491 g/mol. The van der Waals surface area contributed by atoms with Gasteiger partial charge in [-0.1, -0.05) is 54.1 Å². The van der Waals surface area contributed by atoms with Crippen molar-refractivity contribution < 1.29 is 22.3 Å². The summed E-state index contributed by atoms with van der Waals surface area (Å²) in [6.07, 6.45) is 0.131. The van der Waals surface area contributed by atoms with Gasteiger partial charge in [0.1, 0.15) is 17.6 Å². The molecule has 0 saturated heterocycles. The standard InChI is InChI=1S/C24H24ClFN2O4S/c1-16(18-8-10-19(26)11-9-18)27-24(29)22(14-17-6-4-3-5-7-17)28-33(30,31)20-12-13-23(32-2)21(25)15-20/h3-13,15-16,22,28H,14H2,1-2H3,(H,27,29)/t16-,22+/m1/s1.